The molecule has 4 heavy (non-hydrogen) atoms. The predicted molar refractivity (Wildman–Crippen MR) is 6.44 cm³/mol. The molecule has 0 aromatic heterocycles. The molecule has 3 radical (unpaired) electrons. The van der Waals surface area contributed by atoms with Gasteiger partial charge in [-0.25, -0.2) is 0 Å². The molecule has 0 unspecified atom stereocenters. The summed E-state index contributed by atoms with van der Waals surface area (Å²) < 4.78 is 8.34. The Bertz CT molecular complexity index is 8.00. The monoisotopic (exact) mass is 386 g/mol. The molecule has 0 fully saturated rings. The number of rotatable bonds is 0. The van der Waals surface area contributed by atoms with Crippen molar-refractivity contribution in [1.82, 2.24) is 0 Å². The van der Waals surface area contributed by atoms with E-state index in [1.807, 2.05) is 0 Å². The maximum absolute atomic E-state index is 8.34. The molecule has 0 bridgehead atoms. The maximum Gasteiger partial charge on any atom is 0 e. The molecule has 0 spiro atoms. The Morgan fingerprint density at radius 3 is 1.25 bits per heavy atom. The summed E-state index contributed by atoms with van der Waals surface area (Å²) in [5, 5.41) is 0. The first kappa shape index (κ1) is 17.0. The Balaban J connectivity index is -0.00000000500. The summed E-state index contributed by atoms with van der Waals surface area (Å²) in [7, 11) is 0. The second kappa shape index (κ2) is 21.3. The minimum Gasteiger partial charge on any atom is 0 e. The third-order valence-electron chi connectivity index (χ3n) is 0. The van der Waals surface area contributed by atoms with Crippen molar-refractivity contribution in [1.29, 1.82) is 0 Å². The van der Waals surface area contributed by atoms with Gasteiger partial charge < -0.3 is 0 Å². The molecule has 1 nitrogen and oxygen atoms in total. The molecule has 4 heteroatoms. The maximum atomic E-state index is 8.34. The van der Waals surface area contributed by atoms with Crippen LogP contribution in [0.5, 0.6) is 0 Å². The van der Waals surface area contributed by atoms with Crippen LogP contribution in [0.25, 0.3) is 0 Å². The van der Waals surface area contributed by atoms with E-state index in [9.17, 15) is 0 Å². The van der Waals surface area contributed by atoms with Gasteiger partial charge in [-0.15, -0.1) is 0 Å². The largest absolute Gasteiger partial charge is 0 e. The summed E-state index contributed by atoms with van der Waals surface area (Å²) in [5.41, 5.74) is 0. The zero-order valence-electron chi connectivity index (χ0n) is 1.60. The molecular formula is MnOPtSn. The van der Waals surface area contributed by atoms with Crippen LogP contribution in [0.2, 0.25) is 0 Å². The van der Waals surface area contributed by atoms with Crippen molar-refractivity contribution < 1.29 is 41.2 Å². The van der Waals surface area contributed by atoms with Gasteiger partial charge in [-0.1, -0.05) is 0 Å². The van der Waals surface area contributed by atoms with Crippen molar-refractivity contribution in [2.45, 2.75) is 0 Å². The van der Waals surface area contributed by atoms with Gasteiger partial charge in [0.05, 0.1) is 0 Å². The Labute approximate surface area is 63.1 Å². The third-order valence-corrected chi connectivity index (χ3v) is 0. The van der Waals surface area contributed by atoms with E-state index in [0.717, 1.165) is 0 Å². The van der Waals surface area contributed by atoms with Crippen LogP contribution >= 0.6 is 0 Å². The van der Waals surface area contributed by atoms with Crippen LogP contribution in [0.1, 0.15) is 0 Å². The summed E-state index contributed by atoms with van der Waals surface area (Å²) in [6.07, 6.45) is 0. The van der Waals surface area contributed by atoms with Gasteiger partial charge in [0.15, 0.2) is 0 Å². The molecule has 0 atom stereocenters. The molecule has 0 amide bonds. The molecule has 0 N–H and O–H groups in total. The van der Waals surface area contributed by atoms with E-state index in [1.165, 1.54) is 0 Å². The van der Waals surface area contributed by atoms with Crippen molar-refractivity contribution in [3.05, 3.63) is 0 Å². The summed E-state index contributed by atoms with van der Waals surface area (Å²) in [4.78, 5) is 0. The fraction of sp³-hybridized carbons (Fsp3) is 0. The van der Waals surface area contributed by atoms with Gasteiger partial charge in [-0.2, -0.15) is 0 Å². The summed E-state index contributed by atoms with van der Waals surface area (Å²) >= 11 is 0.300. The first-order chi connectivity index (χ1) is 1.00. The minimum atomic E-state index is 0. The van der Waals surface area contributed by atoms with Crippen LogP contribution in [0.15, 0.2) is 0 Å². The molecule has 0 saturated heterocycles. The molecule has 0 aliphatic rings. The fourth-order valence-electron chi connectivity index (χ4n) is 0. The van der Waals surface area contributed by atoms with Gasteiger partial charge in [-0.3, -0.25) is 0 Å². The van der Waals surface area contributed by atoms with Crippen LogP contribution < -0.4 is 0 Å². The average Bonchev–Trinajstić information content (AvgIpc) is 1.00. The molecular weight excluding hydrogens is 385 g/mol. The molecule has 0 aromatic carbocycles. The molecule has 27 valence electrons. The van der Waals surface area contributed by atoms with Gasteiger partial charge in [0, 0.05) is 38.1 Å². The summed E-state index contributed by atoms with van der Waals surface area (Å²) in [6.45, 7) is 0. The zero-order chi connectivity index (χ0) is 2.00. The molecule has 0 aliphatic carbocycles. The van der Waals surface area contributed by atoms with Crippen molar-refractivity contribution in [3.8, 4) is 0 Å². The van der Waals surface area contributed by atoms with Gasteiger partial charge in [0.2, 0.25) is 0 Å². The van der Waals surface area contributed by atoms with E-state index in [4.69, 9.17) is 3.08 Å². The average molecular weight is 385 g/mol. The van der Waals surface area contributed by atoms with E-state index in [2.05, 4.69) is 0 Å². The normalized spacial score (nSPS) is 1.00. The van der Waals surface area contributed by atoms with E-state index in [1.54, 1.807) is 0 Å². The summed E-state index contributed by atoms with van der Waals surface area (Å²) in [5.74, 6) is 0. The first-order valence-corrected chi connectivity index (χ1v) is 1.37. The predicted octanol–water partition coefficient (Wildman–Crippen LogP) is -0.505. The SMILES string of the molecule is [Mn].[O]=[Sn].[Pt]. The standard InChI is InChI=1S/Mn.O.Pt.Sn. The zero-order valence-corrected chi connectivity index (χ0v) is 7.91. The van der Waals surface area contributed by atoms with Crippen LogP contribution in [0.3, 0.4) is 0 Å². The van der Waals surface area contributed by atoms with Gasteiger partial charge in [0.25, 0.3) is 0 Å². The second-order valence-electron chi connectivity index (χ2n) is 0. The van der Waals surface area contributed by atoms with Crippen LogP contribution in [-0.2, 0) is 41.2 Å². The van der Waals surface area contributed by atoms with Gasteiger partial charge in [-0.05, 0) is 0 Å². The Morgan fingerprint density at radius 1 is 1.25 bits per heavy atom. The second-order valence-corrected chi connectivity index (χ2v) is 0. The van der Waals surface area contributed by atoms with Crippen molar-refractivity contribution in [3.63, 3.8) is 0 Å². The smallest absolute Gasteiger partial charge is 0 e. The van der Waals surface area contributed by atoms with Crippen LogP contribution in [0, 0.1) is 0 Å². The van der Waals surface area contributed by atoms with E-state index in [-0.39, 0.29) is 38.1 Å². The van der Waals surface area contributed by atoms with Crippen LogP contribution in [0.4, 0.5) is 0 Å². The van der Waals surface area contributed by atoms with Gasteiger partial charge >= 0.3 is 25.6 Å². The fourth-order valence-corrected chi connectivity index (χ4v) is 0. The molecule has 0 saturated carbocycles. The van der Waals surface area contributed by atoms with Crippen molar-refractivity contribution in [2.75, 3.05) is 0 Å². The van der Waals surface area contributed by atoms with Gasteiger partial charge in [0.1, 0.15) is 0 Å². The first-order valence-electron chi connectivity index (χ1n) is 0.204. The summed E-state index contributed by atoms with van der Waals surface area (Å²) in [6, 6.07) is 0. The quantitative estimate of drug-likeness (QED) is 0.515. The molecule has 0 rings (SSSR count). The van der Waals surface area contributed by atoms with E-state index < -0.39 is 0 Å². The topological polar surface area (TPSA) is 17.1 Å². The van der Waals surface area contributed by atoms with Crippen molar-refractivity contribution in [2.24, 2.45) is 0 Å². The molecule has 0 aliphatic heterocycles. The number of hydrogen-bond acceptors (Lipinski definition) is 1. The van der Waals surface area contributed by atoms with Crippen LogP contribution in [-0.4, -0.2) is 22.5 Å². The Morgan fingerprint density at radius 2 is 1.25 bits per heavy atom. The van der Waals surface area contributed by atoms with E-state index in [0.29, 0.717) is 22.5 Å². The molecule has 0 aromatic rings. The van der Waals surface area contributed by atoms with E-state index >= 15 is 0 Å². The third kappa shape index (κ3) is 9.19. The minimum absolute atomic E-state index is 0. The Hall–Kier alpha value is 1.81. The number of hydrogen-bond donors (Lipinski definition) is 0. The molecule has 0 heterocycles. The van der Waals surface area contributed by atoms with Crippen molar-refractivity contribution >= 4 is 22.5 Å². The Kier molecular flexibility index (Phi) is 90.9.